The van der Waals surface area contributed by atoms with E-state index in [0.29, 0.717) is 0 Å². The summed E-state index contributed by atoms with van der Waals surface area (Å²) in [6.07, 6.45) is -5.22. The van der Waals surface area contributed by atoms with Crippen LogP contribution in [0.3, 0.4) is 0 Å². The van der Waals surface area contributed by atoms with E-state index in [1.807, 2.05) is 0 Å². The van der Waals surface area contributed by atoms with Crippen LogP contribution in [-0.2, 0) is 0 Å². The minimum atomic E-state index is -5.22. The monoisotopic (exact) mass is 183 g/mol. The Balaban J connectivity index is 3.14. The highest BCUT2D eigenvalue weighted by atomic mass is 19.4. The minimum absolute atomic E-state index is 1.70. The fourth-order valence-corrected chi connectivity index (χ4v) is 0.475. The van der Waals surface area contributed by atoms with E-state index in [2.05, 4.69) is 20.7 Å². The molecule has 0 fully saturated rings. The molecule has 0 unspecified atom stereocenters. The van der Waals surface area contributed by atoms with Gasteiger partial charge in [0.05, 0.1) is 4.92 Å². The van der Waals surface area contributed by atoms with Crippen LogP contribution in [0.1, 0.15) is 0 Å². The van der Waals surface area contributed by atoms with Crippen molar-refractivity contribution in [3.05, 3.63) is 10.1 Å². The Morgan fingerprint density at radius 1 is 1.25 bits per heavy atom. The van der Waals surface area contributed by atoms with Gasteiger partial charge in [0.1, 0.15) is 0 Å². The quantitative estimate of drug-likeness (QED) is 0.452. The molecule has 7 nitrogen and oxygen atoms in total. The molecule has 0 aromatic heterocycles. The molecule has 0 saturated heterocycles. The second-order valence-electron chi connectivity index (χ2n) is 1.77. The summed E-state index contributed by atoms with van der Waals surface area (Å²) in [5.41, 5.74) is 0. The van der Waals surface area contributed by atoms with Gasteiger partial charge in [0.25, 0.3) is 0 Å². The summed E-state index contributed by atoms with van der Waals surface area (Å²) < 4.78 is 35.8. The molecule has 0 aliphatic carbocycles. The van der Waals surface area contributed by atoms with E-state index in [0.717, 1.165) is 0 Å². The molecule has 1 aliphatic heterocycles. The average Bonchev–Trinajstić information content (AvgIpc) is 2.31. The van der Waals surface area contributed by atoms with Crippen molar-refractivity contribution in [1.29, 1.82) is 0 Å². The third-order valence-electron chi connectivity index (χ3n) is 1.04. The van der Waals surface area contributed by atoms with Crippen LogP contribution in [0.5, 0.6) is 0 Å². The Labute approximate surface area is 62.1 Å². The molecule has 1 aliphatic rings. The van der Waals surface area contributed by atoms with Gasteiger partial charge in [0, 0.05) is 0 Å². The van der Waals surface area contributed by atoms with Gasteiger partial charge < -0.3 is 0 Å². The number of alkyl halides is 3. The van der Waals surface area contributed by atoms with Gasteiger partial charge in [0.2, 0.25) is 0 Å². The third-order valence-corrected chi connectivity index (χ3v) is 1.04. The average molecular weight is 183 g/mol. The van der Waals surface area contributed by atoms with Gasteiger partial charge in [-0.25, -0.2) is 0 Å². The zero-order valence-corrected chi connectivity index (χ0v) is 5.19. The predicted octanol–water partition coefficient (Wildman–Crippen LogP) is 1.31. The van der Waals surface area contributed by atoms with Crippen molar-refractivity contribution in [2.75, 3.05) is 0 Å². The van der Waals surface area contributed by atoms with Gasteiger partial charge in [-0.2, -0.15) is 13.2 Å². The van der Waals surface area contributed by atoms with E-state index < -0.39 is 16.9 Å². The van der Waals surface area contributed by atoms with Crippen LogP contribution in [0.15, 0.2) is 20.7 Å². The molecule has 0 atom stereocenters. The van der Waals surface area contributed by atoms with Crippen LogP contribution in [0, 0.1) is 10.1 Å². The van der Waals surface area contributed by atoms with Gasteiger partial charge in [-0.05, 0) is 10.4 Å². The highest BCUT2D eigenvalue weighted by molar-refractivity contribution is 4.81. The molecule has 12 heavy (non-hydrogen) atoms. The molecule has 0 amide bonds. The topological polar surface area (TPSA) is 92.6 Å². The number of halogens is 3. The Morgan fingerprint density at radius 2 is 1.67 bits per heavy atom. The Bertz CT molecular complexity index is 256. The summed E-state index contributed by atoms with van der Waals surface area (Å²) in [6.45, 7) is 0. The summed E-state index contributed by atoms with van der Waals surface area (Å²) in [5.74, 6) is -3.73. The smallest absolute Gasteiger partial charge is 0.260 e. The van der Waals surface area contributed by atoms with Crippen molar-refractivity contribution in [2.24, 2.45) is 20.7 Å². The van der Waals surface area contributed by atoms with E-state index >= 15 is 0 Å². The first-order chi connectivity index (χ1) is 5.40. The minimum Gasteiger partial charge on any atom is -0.260 e. The number of nitro groups is 1. The Kier molecular flexibility index (Phi) is 1.55. The van der Waals surface area contributed by atoms with Crippen molar-refractivity contribution >= 4 is 0 Å². The van der Waals surface area contributed by atoms with Crippen molar-refractivity contribution < 1.29 is 18.1 Å². The summed E-state index contributed by atoms with van der Waals surface area (Å²) in [7, 11) is 0. The number of hydrogen-bond acceptors (Lipinski definition) is 6. The Hall–Kier alpha value is -1.61. The van der Waals surface area contributed by atoms with Crippen LogP contribution in [0.25, 0.3) is 0 Å². The molecular weight excluding hydrogens is 183 g/mol. The molecule has 0 aromatic rings. The lowest BCUT2D eigenvalue weighted by Gasteiger charge is -2.12. The zero-order valence-electron chi connectivity index (χ0n) is 5.19. The second kappa shape index (κ2) is 2.19. The summed E-state index contributed by atoms with van der Waals surface area (Å²) in [4.78, 5) is 8.25. The third kappa shape index (κ3) is 0.914. The molecule has 0 radical (unpaired) electrons. The van der Waals surface area contributed by atoms with Crippen LogP contribution >= 0.6 is 0 Å². The SMILES string of the molecule is O=[N+]([O-])C1(C(F)(F)F)N=NN=N1. The van der Waals surface area contributed by atoms with Crippen LogP contribution in [0.4, 0.5) is 13.2 Å². The molecule has 0 aromatic carbocycles. The molecule has 0 saturated carbocycles. The standard InChI is InChI=1S/C2F3N5O2/c3-1(4,5)2(10(11)12)6-8-9-7-2. The fraction of sp³-hybridized carbons (Fsp3) is 1.00. The van der Waals surface area contributed by atoms with E-state index in [1.165, 1.54) is 0 Å². The highest BCUT2D eigenvalue weighted by Crippen LogP contribution is 2.38. The number of rotatable bonds is 1. The van der Waals surface area contributed by atoms with Gasteiger partial charge in [-0.15, -0.1) is 0 Å². The lowest BCUT2D eigenvalue weighted by atomic mass is 10.4. The second-order valence-corrected chi connectivity index (χ2v) is 1.77. The zero-order chi connectivity index (χ0) is 9.41. The van der Waals surface area contributed by atoms with Crippen LogP contribution < -0.4 is 0 Å². The molecule has 0 N–H and O–H groups in total. The molecular formula is C2F3N5O2. The normalized spacial score (nSPS) is 19.9. The molecule has 0 bridgehead atoms. The van der Waals surface area contributed by atoms with Crippen LogP contribution in [-0.4, -0.2) is 16.9 Å². The van der Waals surface area contributed by atoms with E-state index in [9.17, 15) is 23.3 Å². The largest absolute Gasteiger partial charge is 0.543 e. The van der Waals surface area contributed by atoms with Gasteiger partial charge in [-0.1, -0.05) is 10.2 Å². The van der Waals surface area contributed by atoms with Gasteiger partial charge in [-0.3, -0.25) is 10.1 Å². The maximum absolute atomic E-state index is 11.9. The van der Waals surface area contributed by atoms with E-state index in [-0.39, 0.29) is 0 Å². The lowest BCUT2D eigenvalue weighted by molar-refractivity contribution is -0.609. The van der Waals surface area contributed by atoms with Crippen molar-refractivity contribution in [3.8, 4) is 0 Å². The number of nitrogens with zero attached hydrogens (tertiary/aromatic N) is 5. The summed E-state index contributed by atoms with van der Waals surface area (Å²) in [6, 6.07) is 0. The molecule has 0 spiro atoms. The first-order valence-electron chi connectivity index (χ1n) is 2.45. The molecule has 66 valence electrons. The number of hydrogen-bond donors (Lipinski definition) is 0. The highest BCUT2D eigenvalue weighted by Gasteiger charge is 2.71. The summed E-state index contributed by atoms with van der Waals surface area (Å²) in [5, 5.41) is 19.5. The lowest BCUT2D eigenvalue weighted by Crippen LogP contribution is -2.47. The van der Waals surface area contributed by atoms with Gasteiger partial charge in [0.15, 0.2) is 0 Å². The maximum atomic E-state index is 11.9. The first kappa shape index (κ1) is 8.49. The Morgan fingerprint density at radius 3 is 1.83 bits per heavy atom. The van der Waals surface area contributed by atoms with Crippen molar-refractivity contribution in [3.63, 3.8) is 0 Å². The van der Waals surface area contributed by atoms with Gasteiger partial charge >= 0.3 is 12.0 Å². The van der Waals surface area contributed by atoms with Crippen molar-refractivity contribution in [1.82, 2.24) is 0 Å². The van der Waals surface area contributed by atoms with E-state index in [1.54, 1.807) is 0 Å². The molecule has 10 heteroatoms. The van der Waals surface area contributed by atoms with Crippen LogP contribution in [0.2, 0.25) is 0 Å². The fourth-order valence-electron chi connectivity index (χ4n) is 0.475. The van der Waals surface area contributed by atoms with Crippen molar-refractivity contribution in [2.45, 2.75) is 12.0 Å². The molecule has 1 heterocycles. The summed E-state index contributed by atoms with van der Waals surface area (Å²) >= 11 is 0. The first-order valence-corrected chi connectivity index (χ1v) is 2.45. The van der Waals surface area contributed by atoms with E-state index in [4.69, 9.17) is 0 Å². The maximum Gasteiger partial charge on any atom is 0.543 e. The molecule has 1 rings (SSSR count). The predicted molar refractivity (Wildman–Crippen MR) is 25.5 cm³/mol.